The van der Waals surface area contributed by atoms with E-state index in [2.05, 4.69) is 20.8 Å². The van der Waals surface area contributed by atoms with E-state index in [1.165, 1.54) is 0 Å². The Bertz CT molecular complexity index is 893. The number of carbonyl (C=O) groups is 2. The number of piperazine rings is 1. The maximum atomic E-state index is 12.8. The van der Waals surface area contributed by atoms with Gasteiger partial charge >= 0.3 is 5.97 Å². The van der Waals surface area contributed by atoms with Gasteiger partial charge in [0.05, 0.1) is 10.6 Å². The highest BCUT2D eigenvalue weighted by Gasteiger charge is 2.23. The molecule has 0 saturated carbocycles. The maximum Gasteiger partial charge on any atom is 0.341 e. The molecule has 1 aliphatic rings. The summed E-state index contributed by atoms with van der Waals surface area (Å²) in [5.41, 5.74) is 1.58. The second-order valence-electron chi connectivity index (χ2n) is 7.27. The molecule has 1 N–H and O–H groups in total. The minimum absolute atomic E-state index is 0.00651. The van der Waals surface area contributed by atoms with Gasteiger partial charge in [0.2, 0.25) is 0 Å². The molecule has 1 saturated heterocycles. The molecule has 30 heavy (non-hydrogen) atoms. The SMILES string of the molecule is CC(C)Oc1ccc(C(=O)N2CCN(c3ccc(Br)c(OCC(=O)O)c3)CC2)cc1. The minimum Gasteiger partial charge on any atom is -0.491 e. The van der Waals surface area contributed by atoms with E-state index in [9.17, 15) is 9.59 Å². The molecule has 0 bridgehead atoms. The number of anilines is 1. The van der Waals surface area contributed by atoms with Gasteiger partial charge in [0.15, 0.2) is 6.61 Å². The third kappa shape index (κ3) is 5.66. The van der Waals surface area contributed by atoms with Gasteiger partial charge in [0.25, 0.3) is 5.91 Å². The molecule has 7 nitrogen and oxygen atoms in total. The van der Waals surface area contributed by atoms with Crippen molar-refractivity contribution < 1.29 is 24.2 Å². The average molecular weight is 477 g/mol. The molecule has 0 atom stereocenters. The molecule has 2 aromatic rings. The van der Waals surface area contributed by atoms with Crippen LogP contribution in [0, 0.1) is 0 Å². The summed E-state index contributed by atoms with van der Waals surface area (Å²) in [7, 11) is 0. The summed E-state index contributed by atoms with van der Waals surface area (Å²) in [4.78, 5) is 27.6. The van der Waals surface area contributed by atoms with E-state index in [1.54, 1.807) is 12.1 Å². The Hall–Kier alpha value is -2.74. The van der Waals surface area contributed by atoms with Crippen LogP contribution >= 0.6 is 15.9 Å². The topological polar surface area (TPSA) is 79.3 Å². The van der Waals surface area contributed by atoms with Crippen molar-refractivity contribution >= 4 is 33.5 Å². The fourth-order valence-corrected chi connectivity index (χ4v) is 3.60. The highest BCUT2D eigenvalue weighted by Crippen LogP contribution is 2.30. The van der Waals surface area contributed by atoms with E-state index in [0.29, 0.717) is 42.0 Å². The summed E-state index contributed by atoms with van der Waals surface area (Å²) < 4.78 is 11.7. The molecule has 0 spiro atoms. The molecule has 1 aliphatic heterocycles. The number of amides is 1. The number of rotatable bonds is 7. The Kier molecular flexibility index (Phi) is 7.20. The summed E-state index contributed by atoms with van der Waals surface area (Å²) in [6.07, 6.45) is 0.0910. The zero-order valence-electron chi connectivity index (χ0n) is 17.0. The second-order valence-corrected chi connectivity index (χ2v) is 8.12. The summed E-state index contributed by atoms with van der Waals surface area (Å²) in [5.74, 6) is 0.218. The molecule has 160 valence electrons. The molecule has 1 heterocycles. The van der Waals surface area contributed by atoms with Crippen LogP contribution in [-0.4, -0.2) is 60.8 Å². The summed E-state index contributed by atoms with van der Waals surface area (Å²) in [6, 6.07) is 12.8. The van der Waals surface area contributed by atoms with E-state index in [0.717, 1.165) is 11.4 Å². The van der Waals surface area contributed by atoms with Gasteiger partial charge in [-0.25, -0.2) is 4.79 Å². The predicted octanol–water partition coefficient (Wildman–Crippen LogP) is 3.66. The van der Waals surface area contributed by atoms with Gasteiger partial charge in [0.1, 0.15) is 11.5 Å². The third-order valence-electron chi connectivity index (χ3n) is 4.67. The van der Waals surface area contributed by atoms with Gasteiger partial charge in [-0.3, -0.25) is 4.79 Å². The van der Waals surface area contributed by atoms with Crippen molar-refractivity contribution in [2.75, 3.05) is 37.7 Å². The van der Waals surface area contributed by atoms with Gasteiger partial charge < -0.3 is 24.4 Å². The molecule has 1 amide bonds. The number of ether oxygens (including phenoxy) is 2. The number of hydrogen-bond donors (Lipinski definition) is 1. The minimum atomic E-state index is -1.02. The lowest BCUT2D eigenvalue weighted by molar-refractivity contribution is -0.139. The average Bonchev–Trinajstić information content (AvgIpc) is 2.73. The van der Waals surface area contributed by atoms with Crippen LogP contribution in [0.25, 0.3) is 0 Å². The van der Waals surface area contributed by atoms with Crippen molar-refractivity contribution in [3.05, 3.63) is 52.5 Å². The summed E-state index contributed by atoms with van der Waals surface area (Å²) in [6.45, 7) is 6.09. The first kappa shape index (κ1) is 22.0. The zero-order chi connectivity index (χ0) is 21.7. The van der Waals surface area contributed by atoms with Crippen LogP contribution in [0.4, 0.5) is 5.69 Å². The number of nitrogens with zero attached hydrogens (tertiary/aromatic N) is 2. The molecule has 2 aromatic carbocycles. The molecular weight excluding hydrogens is 452 g/mol. The summed E-state index contributed by atoms with van der Waals surface area (Å²) in [5, 5.41) is 8.82. The van der Waals surface area contributed by atoms with Crippen molar-refractivity contribution in [3.8, 4) is 11.5 Å². The highest BCUT2D eigenvalue weighted by atomic mass is 79.9. The van der Waals surface area contributed by atoms with Crippen LogP contribution in [0.15, 0.2) is 46.9 Å². The molecule has 0 aliphatic carbocycles. The Balaban J connectivity index is 1.59. The third-order valence-corrected chi connectivity index (χ3v) is 5.33. The van der Waals surface area contributed by atoms with Crippen LogP contribution < -0.4 is 14.4 Å². The quantitative estimate of drug-likeness (QED) is 0.656. The van der Waals surface area contributed by atoms with Gasteiger partial charge in [0, 0.05) is 43.5 Å². The predicted molar refractivity (Wildman–Crippen MR) is 118 cm³/mol. The lowest BCUT2D eigenvalue weighted by atomic mass is 10.1. The number of carboxylic acid groups (broad SMARTS) is 1. The van der Waals surface area contributed by atoms with Crippen molar-refractivity contribution in [3.63, 3.8) is 0 Å². The smallest absolute Gasteiger partial charge is 0.341 e. The number of benzene rings is 2. The fourth-order valence-electron chi connectivity index (χ4n) is 3.24. The fraction of sp³-hybridized carbons (Fsp3) is 0.364. The Labute approximate surface area is 184 Å². The van der Waals surface area contributed by atoms with Crippen LogP contribution in [0.3, 0.4) is 0 Å². The number of halogens is 1. The standard InChI is InChI=1S/C22H25BrN2O5/c1-15(2)30-18-6-3-16(4-7-18)22(28)25-11-9-24(10-12-25)17-5-8-19(23)20(13-17)29-14-21(26)27/h3-8,13,15H,9-12,14H2,1-2H3,(H,26,27). The molecule has 8 heteroatoms. The summed E-state index contributed by atoms with van der Waals surface area (Å²) >= 11 is 3.38. The molecule has 0 aromatic heterocycles. The number of carboxylic acids is 1. The highest BCUT2D eigenvalue weighted by molar-refractivity contribution is 9.10. The normalized spacial score (nSPS) is 14.0. The van der Waals surface area contributed by atoms with Crippen LogP contribution in [0.2, 0.25) is 0 Å². The zero-order valence-corrected chi connectivity index (χ0v) is 18.6. The molecule has 3 rings (SSSR count). The van der Waals surface area contributed by atoms with Gasteiger partial charge in [-0.05, 0) is 66.2 Å². The van der Waals surface area contributed by atoms with Crippen molar-refractivity contribution in [2.45, 2.75) is 20.0 Å². The Morgan fingerprint density at radius 1 is 1.07 bits per heavy atom. The number of carbonyl (C=O) groups excluding carboxylic acids is 1. The van der Waals surface area contributed by atoms with Crippen LogP contribution in [-0.2, 0) is 4.79 Å². The largest absolute Gasteiger partial charge is 0.491 e. The lowest BCUT2D eigenvalue weighted by Crippen LogP contribution is -2.48. The van der Waals surface area contributed by atoms with E-state index in [1.807, 2.05) is 49.1 Å². The molecular formula is C22H25BrN2O5. The van der Waals surface area contributed by atoms with E-state index in [-0.39, 0.29) is 12.0 Å². The van der Waals surface area contributed by atoms with Crippen LogP contribution in [0.1, 0.15) is 24.2 Å². The lowest BCUT2D eigenvalue weighted by Gasteiger charge is -2.36. The van der Waals surface area contributed by atoms with Crippen LogP contribution in [0.5, 0.6) is 11.5 Å². The van der Waals surface area contributed by atoms with Gasteiger partial charge in [-0.1, -0.05) is 0 Å². The van der Waals surface area contributed by atoms with Crippen molar-refractivity contribution in [1.29, 1.82) is 0 Å². The van der Waals surface area contributed by atoms with Crippen molar-refractivity contribution in [1.82, 2.24) is 4.90 Å². The first-order chi connectivity index (χ1) is 14.3. The van der Waals surface area contributed by atoms with E-state index in [4.69, 9.17) is 14.6 Å². The number of hydrogen-bond acceptors (Lipinski definition) is 5. The van der Waals surface area contributed by atoms with E-state index < -0.39 is 12.6 Å². The Morgan fingerprint density at radius 3 is 2.33 bits per heavy atom. The maximum absolute atomic E-state index is 12.8. The molecule has 1 fully saturated rings. The first-order valence-corrected chi connectivity index (χ1v) is 10.6. The molecule has 0 unspecified atom stereocenters. The number of aliphatic carboxylic acids is 1. The monoisotopic (exact) mass is 476 g/mol. The van der Waals surface area contributed by atoms with Crippen molar-refractivity contribution in [2.24, 2.45) is 0 Å². The molecule has 0 radical (unpaired) electrons. The Morgan fingerprint density at radius 2 is 1.73 bits per heavy atom. The first-order valence-electron chi connectivity index (χ1n) is 9.78. The van der Waals surface area contributed by atoms with Gasteiger partial charge in [-0.15, -0.1) is 0 Å². The van der Waals surface area contributed by atoms with Gasteiger partial charge in [-0.2, -0.15) is 0 Å². The van der Waals surface area contributed by atoms with E-state index >= 15 is 0 Å². The second kappa shape index (κ2) is 9.84.